The fourth-order valence-electron chi connectivity index (χ4n) is 2.95. The summed E-state index contributed by atoms with van der Waals surface area (Å²) in [6.07, 6.45) is 3.18. The first-order chi connectivity index (χ1) is 6.87. The van der Waals surface area contributed by atoms with Crippen LogP contribution in [0, 0.1) is 23.7 Å². The number of ketones is 1. The van der Waals surface area contributed by atoms with E-state index >= 15 is 0 Å². The fourth-order valence-corrected chi connectivity index (χ4v) is 3.82. The van der Waals surface area contributed by atoms with Crippen LogP contribution >= 0.6 is 23.2 Å². The van der Waals surface area contributed by atoms with Gasteiger partial charge >= 0.3 is 0 Å². The standard InChI is InChI=1S/C12H16Cl2O/c1-6(2)8-5-4-7(3)10-9(8)11(15)12(10,13)14/h4,6,8-10H,5H2,1-3H3/t8-,9+,10-/m0/s1. The number of Topliss-reactive ketones (excluding diaryl/α,β-unsaturated/α-hetero) is 1. The number of carbonyl (C=O) groups excluding carboxylic acids is 1. The maximum atomic E-state index is 11.9. The third-order valence-electron chi connectivity index (χ3n) is 3.90. The van der Waals surface area contributed by atoms with E-state index < -0.39 is 4.33 Å². The Hall–Kier alpha value is -0.0100. The topological polar surface area (TPSA) is 17.1 Å². The summed E-state index contributed by atoms with van der Waals surface area (Å²) in [6.45, 7) is 6.35. The van der Waals surface area contributed by atoms with E-state index in [1.807, 2.05) is 6.92 Å². The van der Waals surface area contributed by atoms with Gasteiger partial charge in [-0.1, -0.05) is 48.7 Å². The van der Waals surface area contributed by atoms with Crippen molar-refractivity contribution in [3.8, 4) is 0 Å². The Labute approximate surface area is 101 Å². The molecule has 3 atom stereocenters. The van der Waals surface area contributed by atoms with Gasteiger partial charge in [-0.3, -0.25) is 4.79 Å². The molecule has 0 aromatic carbocycles. The molecule has 0 aromatic rings. The van der Waals surface area contributed by atoms with Gasteiger partial charge < -0.3 is 0 Å². The fraction of sp³-hybridized carbons (Fsp3) is 0.750. The number of hydrogen-bond donors (Lipinski definition) is 0. The molecular formula is C12H16Cl2O. The molecule has 0 bridgehead atoms. The first kappa shape index (κ1) is 11.5. The molecule has 1 saturated carbocycles. The van der Waals surface area contributed by atoms with Gasteiger partial charge in [-0.2, -0.15) is 0 Å². The normalized spacial score (nSPS) is 38.4. The molecule has 0 amide bonds. The summed E-state index contributed by atoms with van der Waals surface area (Å²) in [4.78, 5) is 11.9. The highest BCUT2D eigenvalue weighted by molar-refractivity contribution is 6.61. The van der Waals surface area contributed by atoms with Gasteiger partial charge in [0, 0.05) is 11.8 Å². The van der Waals surface area contributed by atoms with E-state index in [0.29, 0.717) is 11.8 Å². The average Bonchev–Trinajstić information content (AvgIpc) is 2.15. The van der Waals surface area contributed by atoms with Crippen LogP contribution in [0.4, 0.5) is 0 Å². The molecule has 2 rings (SSSR count). The first-order valence-corrected chi connectivity index (χ1v) is 6.21. The highest BCUT2D eigenvalue weighted by Gasteiger charge is 2.64. The van der Waals surface area contributed by atoms with Gasteiger partial charge in [0.15, 0.2) is 10.1 Å². The number of allylic oxidation sites excluding steroid dienone is 2. The van der Waals surface area contributed by atoms with Crippen molar-refractivity contribution in [3.63, 3.8) is 0 Å². The monoisotopic (exact) mass is 246 g/mol. The van der Waals surface area contributed by atoms with Crippen molar-refractivity contribution < 1.29 is 4.79 Å². The van der Waals surface area contributed by atoms with Gasteiger partial charge in [-0.05, 0) is 25.2 Å². The SMILES string of the molecule is CC1=CC[C@@H](C(C)C)[C@H]2C(=O)C(Cl)(Cl)[C@@H]12. The molecule has 1 fully saturated rings. The van der Waals surface area contributed by atoms with Crippen LogP contribution < -0.4 is 0 Å². The lowest BCUT2D eigenvalue weighted by Crippen LogP contribution is -2.61. The van der Waals surface area contributed by atoms with E-state index in [9.17, 15) is 4.79 Å². The van der Waals surface area contributed by atoms with Crippen molar-refractivity contribution in [1.29, 1.82) is 0 Å². The Balaban J connectivity index is 2.33. The summed E-state index contributed by atoms with van der Waals surface area (Å²) >= 11 is 12.1. The second-order valence-electron chi connectivity index (χ2n) is 5.08. The molecule has 2 aliphatic rings. The molecule has 0 unspecified atom stereocenters. The van der Waals surface area contributed by atoms with Crippen LogP contribution in [0.15, 0.2) is 11.6 Å². The maximum absolute atomic E-state index is 11.9. The summed E-state index contributed by atoms with van der Waals surface area (Å²) < 4.78 is -1.15. The lowest BCUT2D eigenvalue weighted by Gasteiger charge is -2.52. The largest absolute Gasteiger partial charge is 0.296 e. The average molecular weight is 247 g/mol. The summed E-state index contributed by atoms with van der Waals surface area (Å²) in [7, 11) is 0. The highest BCUT2D eigenvalue weighted by Crippen LogP contribution is 2.58. The minimum Gasteiger partial charge on any atom is -0.296 e. The van der Waals surface area contributed by atoms with Gasteiger partial charge in [0.25, 0.3) is 0 Å². The molecule has 1 nitrogen and oxygen atoms in total. The zero-order valence-electron chi connectivity index (χ0n) is 9.26. The molecule has 0 spiro atoms. The van der Waals surface area contributed by atoms with E-state index in [0.717, 1.165) is 6.42 Å². The smallest absolute Gasteiger partial charge is 0.183 e. The molecule has 0 aliphatic heterocycles. The Morgan fingerprint density at radius 2 is 2.07 bits per heavy atom. The molecule has 0 heterocycles. The van der Waals surface area contributed by atoms with Gasteiger partial charge in [0.1, 0.15) is 0 Å². The molecule has 3 heteroatoms. The van der Waals surface area contributed by atoms with Crippen LogP contribution in [0.5, 0.6) is 0 Å². The maximum Gasteiger partial charge on any atom is 0.183 e. The summed E-state index contributed by atoms with van der Waals surface area (Å²) in [5, 5.41) is 0. The van der Waals surface area contributed by atoms with Gasteiger partial charge in [-0.15, -0.1) is 0 Å². The number of fused-ring (bicyclic) bond motifs is 1. The van der Waals surface area contributed by atoms with E-state index in [2.05, 4.69) is 19.9 Å². The number of rotatable bonds is 1. The molecule has 0 N–H and O–H groups in total. The van der Waals surface area contributed by atoms with Gasteiger partial charge in [-0.25, -0.2) is 0 Å². The van der Waals surface area contributed by atoms with Crippen molar-refractivity contribution in [2.45, 2.75) is 31.5 Å². The van der Waals surface area contributed by atoms with Crippen LogP contribution in [0.1, 0.15) is 27.2 Å². The Morgan fingerprint density at radius 1 is 1.47 bits per heavy atom. The van der Waals surface area contributed by atoms with Crippen molar-refractivity contribution in [2.75, 3.05) is 0 Å². The minimum absolute atomic E-state index is 0.0296. The summed E-state index contributed by atoms with van der Waals surface area (Å²) in [5.74, 6) is 1.06. The predicted molar refractivity (Wildman–Crippen MR) is 63.1 cm³/mol. The van der Waals surface area contributed by atoms with Crippen LogP contribution in [0.25, 0.3) is 0 Å². The second kappa shape index (κ2) is 3.49. The molecule has 0 aromatic heterocycles. The summed E-state index contributed by atoms with van der Waals surface area (Å²) in [6, 6.07) is 0. The van der Waals surface area contributed by atoms with Crippen LogP contribution in [-0.2, 0) is 4.79 Å². The number of halogens is 2. The third-order valence-corrected chi connectivity index (χ3v) is 4.74. The lowest BCUT2D eigenvalue weighted by atomic mass is 9.56. The molecule has 15 heavy (non-hydrogen) atoms. The number of hydrogen-bond acceptors (Lipinski definition) is 1. The van der Waals surface area contributed by atoms with Crippen molar-refractivity contribution in [3.05, 3.63) is 11.6 Å². The predicted octanol–water partition coefficient (Wildman–Crippen LogP) is 3.60. The molecule has 0 saturated heterocycles. The lowest BCUT2D eigenvalue weighted by molar-refractivity contribution is -0.138. The minimum atomic E-state index is -1.15. The Bertz CT molecular complexity index is 331. The summed E-state index contributed by atoms with van der Waals surface area (Å²) in [5.41, 5.74) is 1.18. The van der Waals surface area contributed by atoms with Crippen molar-refractivity contribution >= 4 is 29.0 Å². The zero-order valence-corrected chi connectivity index (χ0v) is 10.8. The highest BCUT2D eigenvalue weighted by atomic mass is 35.5. The molecule has 2 aliphatic carbocycles. The van der Waals surface area contributed by atoms with Crippen LogP contribution in [-0.4, -0.2) is 10.1 Å². The third kappa shape index (κ3) is 1.47. The zero-order chi connectivity index (χ0) is 11.4. The van der Waals surface area contributed by atoms with E-state index in [1.54, 1.807) is 0 Å². The molecular weight excluding hydrogens is 231 g/mol. The second-order valence-corrected chi connectivity index (χ2v) is 6.47. The quantitative estimate of drug-likeness (QED) is 0.511. The number of carbonyl (C=O) groups is 1. The van der Waals surface area contributed by atoms with Gasteiger partial charge in [0.05, 0.1) is 0 Å². The van der Waals surface area contributed by atoms with Crippen LogP contribution in [0.2, 0.25) is 0 Å². The van der Waals surface area contributed by atoms with Crippen molar-refractivity contribution in [2.24, 2.45) is 23.7 Å². The molecule has 0 radical (unpaired) electrons. The number of alkyl halides is 2. The van der Waals surface area contributed by atoms with E-state index in [1.165, 1.54) is 5.57 Å². The van der Waals surface area contributed by atoms with Crippen LogP contribution in [0.3, 0.4) is 0 Å². The van der Waals surface area contributed by atoms with E-state index in [-0.39, 0.29) is 17.6 Å². The van der Waals surface area contributed by atoms with Crippen molar-refractivity contribution in [1.82, 2.24) is 0 Å². The Morgan fingerprint density at radius 3 is 2.60 bits per heavy atom. The van der Waals surface area contributed by atoms with E-state index in [4.69, 9.17) is 23.2 Å². The Kier molecular flexibility index (Phi) is 2.67. The van der Waals surface area contributed by atoms with Gasteiger partial charge in [0.2, 0.25) is 0 Å². The molecule has 84 valence electrons. The first-order valence-electron chi connectivity index (χ1n) is 5.46.